The summed E-state index contributed by atoms with van der Waals surface area (Å²) >= 11 is 0. The van der Waals surface area contributed by atoms with Gasteiger partial charge in [0, 0.05) is 0 Å². The molecule has 0 saturated heterocycles. The van der Waals surface area contributed by atoms with E-state index < -0.39 is 0 Å². The Morgan fingerprint density at radius 1 is 0.270 bits per heavy atom. The zero-order valence-corrected chi connectivity index (χ0v) is 26.7. The highest BCUT2D eigenvalue weighted by Crippen LogP contribution is 2.14. The molecule has 0 saturated carbocycles. The molecular formula is C35H76N2. The Labute approximate surface area is 237 Å². The van der Waals surface area contributed by atoms with Crippen LogP contribution in [-0.4, -0.2) is 20.1 Å². The van der Waals surface area contributed by atoms with E-state index in [1.54, 1.807) is 0 Å². The van der Waals surface area contributed by atoms with Crippen LogP contribution in [0.3, 0.4) is 0 Å². The molecule has 0 rings (SSSR count). The monoisotopic (exact) mass is 525 g/mol. The van der Waals surface area contributed by atoms with Crippen LogP contribution in [0, 0.1) is 0 Å². The fraction of sp³-hybridized carbons (Fsp3) is 1.00. The summed E-state index contributed by atoms with van der Waals surface area (Å²) in [4.78, 5) is 0. The van der Waals surface area contributed by atoms with Gasteiger partial charge in [-0.05, 0) is 33.0 Å². The molecule has 0 aromatic rings. The van der Waals surface area contributed by atoms with E-state index in [-0.39, 0.29) is 0 Å². The third-order valence-electron chi connectivity index (χ3n) is 7.91. The van der Waals surface area contributed by atoms with E-state index in [9.17, 15) is 0 Å². The lowest BCUT2D eigenvalue weighted by Gasteiger charge is -2.06. The Morgan fingerprint density at radius 2 is 0.432 bits per heavy atom. The van der Waals surface area contributed by atoms with Crippen molar-refractivity contribution in [3.8, 4) is 0 Å². The second kappa shape index (κ2) is 40.4. The van der Waals surface area contributed by atoms with Crippen molar-refractivity contribution < 1.29 is 0 Å². The Balaban J connectivity index is 0. The molecule has 0 spiro atoms. The van der Waals surface area contributed by atoms with Gasteiger partial charge in [0.2, 0.25) is 0 Å². The summed E-state index contributed by atoms with van der Waals surface area (Å²) in [5.74, 6) is 0. The Hall–Kier alpha value is -0.0800. The first-order chi connectivity index (χ1) is 18.4. The van der Waals surface area contributed by atoms with Gasteiger partial charge in [-0.1, -0.05) is 194 Å². The van der Waals surface area contributed by atoms with Gasteiger partial charge in [-0.2, -0.15) is 0 Å². The van der Waals surface area contributed by atoms with E-state index in [2.05, 4.69) is 24.9 Å². The molecule has 0 fully saturated rings. The van der Waals surface area contributed by atoms with E-state index in [4.69, 9.17) is 0 Å². The minimum atomic E-state index is 1.25. The largest absolute Gasteiger partial charge is 0.333 e. The summed E-state index contributed by atoms with van der Waals surface area (Å²) in [6.45, 7) is 7.10. The highest BCUT2D eigenvalue weighted by Gasteiger charge is 1.96. The molecular weight excluding hydrogens is 448 g/mol. The van der Waals surface area contributed by atoms with Crippen LogP contribution in [0.15, 0.2) is 0 Å². The van der Waals surface area contributed by atoms with Crippen molar-refractivity contribution in [3.05, 3.63) is 0 Å². The Morgan fingerprint density at radius 3 is 0.622 bits per heavy atom. The van der Waals surface area contributed by atoms with Crippen molar-refractivity contribution in [2.45, 2.75) is 206 Å². The van der Waals surface area contributed by atoms with Crippen LogP contribution in [-0.2, 0) is 0 Å². The number of rotatable bonds is 32. The molecule has 0 aromatic carbocycles. The third kappa shape index (κ3) is 40.6. The fourth-order valence-electron chi connectivity index (χ4n) is 5.37. The lowest BCUT2D eigenvalue weighted by Crippen LogP contribution is -2.16. The minimum Gasteiger partial charge on any atom is -0.333 e. The highest BCUT2D eigenvalue weighted by molar-refractivity contribution is 4.54. The summed E-state index contributed by atoms with van der Waals surface area (Å²) in [7, 11) is 1.50. The van der Waals surface area contributed by atoms with Crippen LogP contribution in [0.5, 0.6) is 0 Å². The van der Waals surface area contributed by atoms with Crippen LogP contribution < -0.4 is 11.1 Å². The second-order valence-electron chi connectivity index (χ2n) is 11.6. The van der Waals surface area contributed by atoms with Gasteiger partial charge in [0.25, 0.3) is 0 Å². The predicted molar refractivity (Wildman–Crippen MR) is 173 cm³/mol. The standard InChI is InChI=1S/C34H71N.CH5N/c1-3-5-7-9-11-13-15-17-19-20-22-24-26-28-30-32-34-35-33-31-29-27-25-23-21-18-16-14-12-10-8-6-4-2;1-2/h35H,3-34H2,1-2H3;2H2,1H3. The van der Waals surface area contributed by atoms with E-state index in [0.717, 1.165) is 0 Å². The van der Waals surface area contributed by atoms with Crippen molar-refractivity contribution in [1.82, 2.24) is 5.32 Å². The first-order valence-corrected chi connectivity index (χ1v) is 17.7. The van der Waals surface area contributed by atoms with Gasteiger partial charge >= 0.3 is 0 Å². The number of nitrogens with one attached hydrogen (secondary N) is 1. The molecule has 0 heterocycles. The highest BCUT2D eigenvalue weighted by atomic mass is 14.8. The fourth-order valence-corrected chi connectivity index (χ4v) is 5.37. The van der Waals surface area contributed by atoms with E-state index in [1.165, 1.54) is 213 Å². The predicted octanol–water partition coefficient (Wildman–Crippen LogP) is 11.9. The van der Waals surface area contributed by atoms with Gasteiger partial charge in [-0.25, -0.2) is 0 Å². The van der Waals surface area contributed by atoms with Crippen molar-refractivity contribution in [3.63, 3.8) is 0 Å². The van der Waals surface area contributed by atoms with Crippen LogP contribution in [0.25, 0.3) is 0 Å². The molecule has 0 aliphatic rings. The zero-order chi connectivity index (χ0) is 27.3. The van der Waals surface area contributed by atoms with Crippen LogP contribution in [0.2, 0.25) is 0 Å². The average molecular weight is 525 g/mol. The SMILES string of the molecule is CCCCCCCCCCCCCCCCCCNCCCCCCCCCCCCCCCC.CN. The maximum absolute atomic E-state index is 4.50. The quantitative estimate of drug-likeness (QED) is 0.0858. The summed E-state index contributed by atoms with van der Waals surface area (Å²) in [6.07, 6.45) is 43.7. The molecule has 0 aromatic heterocycles. The van der Waals surface area contributed by atoms with Gasteiger partial charge < -0.3 is 11.1 Å². The van der Waals surface area contributed by atoms with Gasteiger partial charge in [-0.15, -0.1) is 0 Å². The summed E-state index contributed by atoms with van der Waals surface area (Å²) in [5.41, 5.74) is 4.50. The normalized spacial score (nSPS) is 11.0. The molecule has 0 amide bonds. The molecule has 0 radical (unpaired) electrons. The Bertz CT molecular complexity index is 312. The van der Waals surface area contributed by atoms with E-state index in [0.29, 0.717) is 0 Å². The maximum atomic E-state index is 4.50. The molecule has 3 N–H and O–H groups in total. The minimum absolute atomic E-state index is 1.25. The van der Waals surface area contributed by atoms with Crippen molar-refractivity contribution >= 4 is 0 Å². The van der Waals surface area contributed by atoms with Gasteiger partial charge in [0.1, 0.15) is 0 Å². The smallest absolute Gasteiger partial charge is 0.00489 e. The van der Waals surface area contributed by atoms with E-state index in [1.807, 2.05) is 0 Å². The van der Waals surface area contributed by atoms with Crippen LogP contribution in [0.1, 0.15) is 206 Å². The molecule has 226 valence electrons. The molecule has 2 heteroatoms. The van der Waals surface area contributed by atoms with Crippen molar-refractivity contribution in [1.29, 1.82) is 0 Å². The molecule has 0 aliphatic carbocycles. The molecule has 0 aliphatic heterocycles. The Kier molecular flexibility index (Phi) is 42.7. The zero-order valence-electron chi connectivity index (χ0n) is 26.7. The molecule has 0 unspecified atom stereocenters. The maximum Gasteiger partial charge on any atom is -0.00489 e. The topological polar surface area (TPSA) is 38.0 Å². The van der Waals surface area contributed by atoms with Crippen LogP contribution >= 0.6 is 0 Å². The number of unbranched alkanes of at least 4 members (excludes halogenated alkanes) is 28. The average Bonchev–Trinajstić information content (AvgIpc) is 2.93. The first kappa shape index (κ1) is 39.1. The number of hydrogen-bond acceptors (Lipinski definition) is 2. The van der Waals surface area contributed by atoms with Gasteiger partial charge in [0.05, 0.1) is 0 Å². The van der Waals surface area contributed by atoms with Gasteiger partial charge in [0.15, 0.2) is 0 Å². The van der Waals surface area contributed by atoms with Crippen molar-refractivity contribution in [2.75, 3.05) is 20.1 Å². The molecule has 0 atom stereocenters. The third-order valence-corrected chi connectivity index (χ3v) is 7.91. The molecule has 37 heavy (non-hydrogen) atoms. The first-order valence-electron chi connectivity index (χ1n) is 17.7. The second-order valence-corrected chi connectivity index (χ2v) is 11.6. The van der Waals surface area contributed by atoms with Crippen molar-refractivity contribution in [2.24, 2.45) is 5.73 Å². The molecule has 2 nitrogen and oxygen atoms in total. The lowest BCUT2D eigenvalue weighted by molar-refractivity contribution is 0.516. The number of nitrogens with two attached hydrogens (primary N) is 1. The lowest BCUT2D eigenvalue weighted by atomic mass is 10.0. The van der Waals surface area contributed by atoms with Crippen LogP contribution in [0.4, 0.5) is 0 Å². The summed E-state index contributed by atoms with van der Waals surface area (Å²) in [5, 5.41) is 3.68. The van der Waals surface area contributed by atoms with Gasteiger partial charge in [-0.3, -0.25) is 0 Å². The number of hydrogen-bond donors (Lipinski definition) is 2. The summed E-state index contributed by atoms with van der Waals surface area (Å²) in [6, 6.07) is 0. The van der Waals surface area contributed by atoms with E-state index >= 15 is 0 Å². The molecule has 0 bridgehead atoms. The summed E-state index contributed by atoms with van der Waals surface area (Å²) < 4.78 is 0.